The number of rotatable bonds is 4. The van der Waals surface area contributed by atoms with Crippen LogP contribution in [0.5, 0.6) is 5.75 Å². The van der Waals surface area contributed by atoms with E-state index in [1.54, 1.807) is 12.1 Å². The van der Waals surface area contributed by atoms with E-state index in [4.69, 9.17) is 0 Å². The van der Waals surface area contributed by atoms with Crippen LogP contribution in [0.15, 0.2) is 53.0 Å². The van der Waals surface area contributed by atoms with Gasteiger partial charge in [0.25, 0.3) is 0 Å². The Kier molecular flexibility index (Phi) is 4.61. The van der Waals surface area contributed by atoms with Gasteiger partial charge in [-0.15, -0.1) is 0 Å². The maximum absolute atomic E-state index is 9.30. The summed E-state index contributed by atoms with van der Waals surface area (Å²) >= 11 is 3.44. The molecule has 0 fully saturated rings. The predicted molar refractivity (Wildman–Crippen MR) is 82.2 cm³/mol. The standard InChI is InChI=1S/C16H18BrNO/c1-11(13-3-7-15(17)8-4-13)18-12(2)14-5-9-16(19)10-6-14/h3-12,18-19H,1-2H3/t11-,12?/m1/s1. The Labute approximate surface area is 122 Å². The Hall–Kier alpha value is -1.32. The molecule has 0 bridgehead atoms. The molecule has 0 aliphatic carbocycles. The van der Waals surface area contributed by atoms with E-state index < -0.39 is 0 Å². The molecule has 0 saturated heterocycles. The van der Waals surface area contributed by atoms with Gasteiger partial charge in [-0.2, -0.15) is 0 Å². The fraction of sp³-hybridized carbons (Fsp3) is 0.250. The van der Waals surface area contributed by atoms with Gasteiger partial charge in [0.1, 0.15) is 5.75 Å². The molecule has 0 radical (unpaired) electrons. The molecule has 0 spiro atoms. The summed E-state index contributed by atoms with van der Waals surface area (Å²) in [5.74, 6) is 0.303. The quantitative estimate of drug-likeness (QED) is 0.865. The van der Waals surface area contributed by atoms with Crippen molar-refractivity contribution in [3.63, 3.8) is 0 Å². The Morgan fingerprint density at radius 2 is 1.26 bits per heavy atom. The van der Waals surface area contributed by atoms with E-state index in [-0.39, 0.29) is 12.1 Å². The second-order valence-electron chi connectivity index (χ2n) is 4.75. The van der Waals surface area contributed by atoms with Crippen molar-refractivity contribution < 1.29 is 5.11 Å². The predicted octanol–water partition coefficient (Wildman–Crippen LogP) is 4.57. The molecule has 2 aromatic rings. The van der Waals surface area contributed by atoms with Gasteiger partial charge in [0, 0.05) is 16.6 Å². The molecular formula is C16H18BrNO. The number of hydrogen-bond donors (Lipinski definition) is 2. The molecule has 2 aromatic carbocycles. The summed E-state index contributed by atoms with van der Waals surface area (Å²) in [6.07, 6.45) is 0. The monoisotopic (exact) mass is 319 g/mol. The van der Waals surface area contributed by atoms with Gasteiger partial charge < -0.3 is 10.4 Å². The smallest absolute Gasteiger partial charge is 0.115 e. The Balaban J connectivity index is 2.03. The molecule has 2 rings (SSSR count). The molecule has 0 heterocycles. The SMILES string of the molecule is CC(N[C@H](C)c1ccc(Br)cc1)c1ccc(O)cc1. The van der Waals surface area contributed by atoms with Crippen LogP contribution < -0.4 is 5.32 Å². The van der Waals surface area contributed by atoms with Gasteiger partial charge in [0.2, 0.25) is 0 Å². The van der Waals surface area contributed by atoms with E-state index in [2.05, 4.69) is 59.4 Å². The Bertz CT molecular complexity index is 472. The summed E-state index contributed by atoms with van der Waals surface area (Å²) in [6, 6.07) is 16.2. The van der Waals surface area contributed by atoms with E-state index in [1.165, 1.54) is 11.1 Å². The van der Waals surface area contributed by atoms with E-state index >= 15 is 0 Å². The van der Waals surface area contributed by atoms with Crippen LogP contribution >= 0.6 is 15.9 Å². The van der Waals surface area contributed by atoms with Gasteiger partial charge in [-0.1, -0.05) is 40.2 Å². The molecule has 0 amide bonds. The number of benzene rings is 2. The van der Waals surface area contributed by atoms with Crippen LogP contribution in [0.4, 0.5) is 0 Å². The van der Waals surface area contributed by atoms with Crippen LogP contribution in [0.2, 0.25) is 0 Å². The third-order valence-corrected chi connectivity index (χ3v) is 3.79. The number of phenolic OH excluding ortho intramolecular Hbond substituents is 1. The fourth-order valence-corrected chi connectivity index (χ4v) is 2.35. The molecule has 1 unspecified atom stereocenters. The second kappa shape index (κ2) is 6.22. The third kappa shape index (κ3) is 3.82. The second-order valence-corrected chi connectivity index (χ2v) is 5.67. The van der Waals surface area contributed by atoms with Gasteiger partial charge in [0.15, 0.2) is 0 Å². The molecular weight excluding hydrogens is 302 g/mol. The largest absolute Gasteiger partial charge is 0.508 e. The van der Waals surface area contributed by atoms with Gasteiger partial charge in [-0.05, 0) is 49.2 Å². The normalized spacial score (nSPS) is 14.1. The number of phenols is 1. The highest BCUT2D eigenvalue weighted by atomic mass is 79.9. The van der Waals surface area contributed by atoms with Crippen molar-refractivity contribution in [1.29, 1.82) is 0 Å². The summed E-state index contributed by atoms with van der Waals surface area (Å²) in [5, 5.41) is 12.9. The van der Waals surface area contributed by atoms with E-state index in [9.17, 15) is 5.11 Å². The lowest BCUT2D eigenvalue weighted by molar-refractivity contribution is 0.472. The van der Waals surface area contributed by atoms with E-state index in [0.717, 1.165) is 4.47 Å². The lowest BCUT2D eigenvalue weighted by atomic mass is 10.0. The van der Waals surface area contributed by atoms with Crippen molar-refractivity contribution in [3.05, 3.63) is 64.1 Å². The first-order valence-electron chi connectivity index (χ1n) is 6.36. The first kappa shape index (κ1) is 14.1. The number of halogens is 1. The van der Waals surface area contributed by atoms with Gasteiger partial charge in [-0.25, -0.2) is 0 Å². The van der Waals surface area contributed by atoms with Crippen molar-refractivity contribution in [2.75, 3.05) is 0 Å². The van der Waals surface area contributed by atoms with Gasteiger partial charge >= 0.3 is 0 Å². The first-order chi connectivity index (χ1) is 9.06. The topological polar surface area (TPSA) is 32.3 Å². The van der Waals surface area contributed by atoms with Crippen LogP contribution in [0.25, 0.3) is 0 Å². The van der Waals surface area contributed by atoms with Crippen molar-refractivity contribution >= 4 is 15.9 Å². The van der Waals surface area contributed by atoms with Crippen LogP contribution in [-0.4, -0.2) is 5.11 Å². The summed E-state index contributed by atoms with van der Waals surface area (Å²) in [5.41, 5.74) is 2.43. The van der Waals surface area contributed by atoms with E-state index in [1.807, 2.05) is 12.1 Å². The van der Waals surface area contributed by atoms with Gasteiger partial charge in [0.05, 0.1) is 0 Å². The summed E-state index contributed by atoms with van der Waals surface area (Å²) in [4.78, 5) is 0. The molecule has 0 aliphatic heterocycles. The molecule has 100 valence electrons. The minimum atomic E-state index is 0.235. The van der Waals surface area contributed by atoms with Crippen molar-refractivity contribution in [2.45, 2.75) is 25.9 Å². The van der Waals surface area contributed by atoms with Crippen LogP contribution in [0.1, 0.15) is 37.1 Å². The van der Waals surface area contributed by atoms with Gasteiger partial charge in [-0.3, -0.25) is 0 Å². The summed E-state index contributed by atoms with van der Waals surface area (Å²) in [6.45, 7) is 4.28. The number of nitrogens with one attached hydrogen (secondary N) is 1. The lowest BCUT2D eigenvalue weighted by Crippen LogP contribution is -2.22. The van der Waals surface area contributed by atoms with E-state index in [0.29, 0.717) is 5.75 Å². The molecule has 2 atom stereocenters. The average Bonchev–Trinajstić information content (AvgIpc) is 2.40. The fourth-order valence-electron chi connectivity index (χ4n) is 2.08. The molecule has 2 nitrogen and oxygen atoms in total. The van der Waals surface area contributed by atoms with Crippen molar-refractivity contribution in [3.8, 4) is 5.75 Å². The molecule has 19 heavy (non-hydrogen) atoms. The molecule has 0 aromatic heterocycles. The summed E-state index contributed by atoms with van der Waals surface area (Å²) < 4.78 is 1.09. The molecule has 0 saturated carbocycles. The van der Waals surface area contributed by atoms with Crippen LogP contribution in [0, 0.1) is 0 Å². The van der Waals surface area contributed by atoms with Crippen LogP contribution in [0.3, 0.4) is 0 Å². The van der Waals surface area contributed by atoms with Crippen LogP contribution in [-0.2, 0) is 0 Å². The first-order valence-corrected chi connectivity index (χ1v) is 7.16. The highest BCUT2D eigenvalue weighted by Crippen LogP contribution is 2.22. The minimum Gasteiger partial charge on any atom is -0.508 e. The zero-order valence-corrected chi connectivity index (χ0v) is 12.7. The highest BCUT2D eigenvalue weighted by molar-refractivity contribution is 9.10. The Morgan fingerprint density at radius 3 is 1.74 bits per heavy atom. The lowest BCUT2D eigenvalue weighted by Gasteiger charge is -2.21. The zero-order valence-electron chi connectivity index (χ0n) is 11.1. The Morgan fingerprint density at radius 1 is 0.842 bits per heavy atom. The average molecular weight is 320 g/mol. The summed E-state index contributed by atoms with van der Waals surface area (Å²) in [7, 11) is 0. The molecule has 0 aliphatic rings. The number of hydrogen-bond acceptors (Lipinski definition) is 2. The molecule has 2 N–H and O–H groups in total. The number of aromatic hydroxyl groups is 1. The highest BCUT2D eigenvalue weighted by Gasteiger charge is 2.10. The maximum Gasteiger partial charge on any atom is 0.115 e. The minimum absolute atomic E-state index is 0.235. The molecule has 3 heteroatoms. The third-order valence-electron chi connectivity index (χ3n) is 3.26. The zero-order chi connectivity index (χ0) is 13.8. The maximum atomic E-state index is 9.30. The van der Waals surface area contributed by atoms with Crippen molar-refractivity contribution in [1.82, 2.24) is 5.32 Å². The van der Waals surface area contributed by atoms with Crippen molar-refractivity contribution in [2.24, 2.45) is 0 Å².